The molecule has 2 saturated carbocycles. The number of benzene rings is 1. The van der Waals surface area contributed by atoms with Crippen LogP contribution in [0.4, 0.5) is 0 Å². The maximum atomic E-state index is 6.06. The van der Waals surface area contributed by atoms with E-state index < -0.39 is 0 Å². The highest BCUT2D eigenvalue weighted by molar-refractivity contribution is 6.30. The minimum atomic E-state index is -0.104. The van der Waals surface area contributed by atoms with Crippen LogP contribution in [0.1, 0.15) is 75.1 Å². The van der Waals surface area contributed by atoms with Crippen molar-refractivity contribution in [3.05, 3.63) is 46.5 Å². The molecule has 0 spiro atoms. The molecule has 2 aliphatic rings. The van der Waals surface area contributed by atoms with Gasteiger partial charge in [-0.05, 0) is 56.7 Å². The zero-order valence-electron chi connectivity index (χ0n) is 13.2. The fourth-order valence-corrected chi connectivity index (χ4v) is 3.43. The summed E-state index contributed by atoms with van der Waals surface area (Å²) >= 11 is 6.06. The summed E-state index contributed by atoms with van der Waals surface area (Å²) in [6.07, 6.45) is 6.09. The van der Waals surface area contributed by atoms with Crippen LogP contribution in [-0.4, -0.2) is 14.8 Å². The summed E-state index contributed by atoms with van der Waals surface area (Å²) < 4.78 is 2.47. The topological polar surface area (TPSA) is 30.7 Å². The third-order valence-electron chi connectivity index (χ3n) is 5.26. The van der Waals surface area contributed by atoms with E-state index in [1.54, 1.807) is 0 Å². The van der Waals surface area contributed by atoms with Crippen LogP contribution in [0.15, 0.2) is 24.3 Å². The van der Waals surface area contributed by atoms with Gasteiger partial charge in [0.1, 0.15) is 11.6 Å². The first kappa shape index (κ1) is 14.3. The van der Waals surface area contributed by atoms with Crippen molar-refractivity contribution in [1.29, 1.82) is 0 Å². The molecule has 0 amide bonds. The van der Waals surface area contributed by atoms with Crippen LogP contribution in [0.2, 0.25) is 5.02 Å². The van der Waals surface area contributed by atoms with Gasteiger partial charge in [0, 0.05) is 17.0 Å². The fourth-order valence-electron chi connectivity index (χ4n) is 3.30. The van der Waals surface area contributed by atoms with Gasteiger partial charge in [-0.25, -0.2) is 0 Å². The van der Waals surface area contributed by atoms with Crippen LogP contribution in [0, 0.1) is 0 Å². The zero-order valence-corrected chi connectivity index (χ0v) is 14.0. The molecule has 2 fully saturated rings. The summed E-state index contributed by atoms with van der Waals surface area (Å²) in [6.45, 7) is 4.52. The average Bonchev–Trinajstić information content (AvgIpc) is 3.46. The van der Waals surface area contributed by atoms with Crippen molar-refractivity contribution < 1.29 is 0 Å². The smallest absolute Gasteiger partial charge is 0.143 e. The molecule has 1 aromatic heterocycles. The van der Waals surface area contributed by atoms with Crippen LogP contribution < -0.4 is 0 Å². The second-order valence-corrected chi connectivity index (χ2v) is 7.39. The molecule has 2 aromatic rings. The van der Waals surface area contributed by atoms with Crippen molar-refractivity contribution in [3.63, 3.8) is 0 Å². The number of nitrogens with zero attached hydrogens (tertiary/aromatic N) is 3. The van der Waals surface area contributed by atoms with Gasteiger partial charge in [0.15, 0.2) is 0 Å². The van der Waals surface area contributed by atoms with Crippen molar-refractivity contribution in [2.75, 3.05) is 0 Å². The summed E-state index contributed by atoms with van der Waals surface area (Å²) in [6, 6.07) is 8.84. The van der Waals surface area contributed by atoms with E-state index in [2.05, 4.69) is 40.7 Å². The molecule has 0 unspecified atom stereocenters. The normalized spacial score (nSPS) is 20.9. The van der Waals surface area contributed by atoms with E-state index in [-0.39, 0.29) is 5.41 Å². The third-order valence-corrected chi connectivity index (χ3v) is 5.51. The van der Waals surface area contributed by atoms with Gasteiger partial charge in [0.2, 0.25) is 0 Å². The van der Waals surface area contributed by atoms with Gasteiger partial charge < -0.3 is 4.57 Å². The number of aromatic nitrogens is 3. The Balaban J connectivity index is 1.82. The lowest BCUT2D eigenvalue weighted by molar-refractivity contribution is 0.473. The molecule has 22 heavy (non-hydrogen) atoms. The van der Waals surface area contributed by atoms with E-state index in [1.807, 2.05) is 12.1 Å². The second-order valence-electron chi connectivity index (χ2n) is 6.95. The predicted molar refractivity (Wildman–Crippen MR) is 88.5 cm³/mol. The first-order chi connectivity index (χ1) is 10.6. The lowest BCUT2D eigenvalue weighted by Crippen LogP contribution is -2.27. The molecule has 1 aromatic carbocycles. The molecule has 0 aliphatic heterocycles. The summed E-state index contributed by atoms with van der Waals surface area (Å²) in [5.74, 6) is 3.01. The Morgan fingerprint density at radius 3 is 2.36 bits per heavy atom. The van der Waals surface area contributed by atoms with Crippen LogP contribution in [-0.2, 0) is 5.41 Å². The van der Waals surface area contributed by atoms with Gasteiger partial charge >= 0.3 is 0 Å². The molecule has 116 valence electrons. The Kier molecular flexibility index (Phi) is 3.30. The summed E-state index contributed by atoms with van der Waals surface area (Å²) in [5.41, 5.74) is 1.17. The minimum absolute atomic E-state index is 0.104. The first-order valence-corrected chi connectivity index (χ1v) is 8.72. The van der Waals surface area contributed by atoms with Gasteiger partial charge in [-0.15, -0.1) is 10.2 Å². The van der Waals surface area contributed by atoms with Gasteiger partial charge in [-0.1, -0.05) is 30.7 Å². The predicted octanol–water partition coefficient (Wildman–Crippen LogP) is 4.86. The molecule has 0 N–H and O–H groups in total. The highest BCUT2D eigenvalue weighted by Gasteiger charge is 2.41. The minimum Gasteiger partial charge on any atom is -0.311 e. The molecular weight excluding hydrogens is 294 g/mol. The van der Waals surface area contributed by atoms with Crippen molar-refractivity contribution in [2.45, 2.75) is 63.3 Å². The van der Waals surface area contributed by atoms with E-state index >= 15 is 0 Å². The van der Waals surface area contributed by atoms with E-state index in [1.165, 1.54) is 37.1 Å². The molecule has 0 radical (unpaired) electrons. The zero-order chi connectivity index (χ0) is 15.3. The van der Waals surface area contributed by atoms with E-state index in [9.17, 15) is 0 Å². The molecular formula is C18H22ClN3. The molecule has 1 heterocycles. The van der Waals surface area contributed by atoms with Crippen molar-refractivity contribution in [1.82, 2.24) is 14.8 Å². The number of hydrogen-bond donors (Lipinski definition) is 0. The fraction of sp³-hybridized carbons (Fsp3) is 0.556. The summed E-state index contributed by atoms with van der Waals surface area (Å²) in [5, 5.41) is 10.0. The lowest BCUT2D eigenvalue weighted by atomic mass is 9.79. The Morgan fingerprint density at radius 2 is 1.82 bits per heavy atom. The van der Waals surface area contributed by atoms with Crippen LogP contribution in [0.5, 0.6) is 0 Å². The van der Waals surface area contributed by atoms with Gasteiger partial charge in [0.25, 0.3) is 0 Å². The Morgan fingerprint density at radius 1 is 1.14 bits per heavy atom. The number of rotatable bonds is 5. The van der Waals surface area contributed by atoms with E-state index in [4.69, 9.17) is 11.6 Å². The van der Waals surface area contributed by atoms with Crippen LogP contribution in [0.3, 0.4) is 0 Å². The Hall–Kier alpha value is -1.35. The van der Waals surface area contributed by atoms with Crippen molar-refractivity contribution in [3.8, 4) is 0 Å². The van der Waals surface area contributed by atoms with E-state index in [0.717, 1.165) is 17.3 Å². The van der Waals surface area contributed by atoms with Gasteiger partial charge in [-0.3, -0.25) is 0 Å². The monoisotopic (exact) mass is 315 g/mol. The maximum absolute atomic E-state index is 6.06. The first-order valence-electron chi connectivity index (χ1n) is 8.35. The summed E-state index contributed by atoms with van der Waals surface area (Å²) in [4.78, 5) is 0. The second kappa shape index (κ2) is 5.09. The largest absolute Gasteiger partial charge is 0.311 e. The third kappa shape index (κ3) is 2.26. The standard InChI is InChI=1S/C18H22ClN3/c1-3-18(2,13-6-8-14(19)9-7-13)17-21-20-16(12-4-5-12)22(17)15-10-11-15/h6-9,12,15H,3-5,10-11H2,1-2H3/t18-/m1/s1. The molecule has 0 saturated heterocycles. The highest BCUT2D eigenvalue weighted by Crippen LogP contribution is 2.47. The Labute approximate surface area is 136 Å². The van der Waals surface area contributed by atoms with Crippen molar-refractivity contribution >= 4 is 11.6 Å². The quantitative estimate of drug-likeness (QED) is 0.789. The molecule has 0 bridgehead atoms. The van der Waals surface area contributed by atoms with Crippen LogP contribution in [0.25, 0.3) is 0 Å². The highest BCUT2D eigenvalue weighted by atomic mass is 35.5. The lowest BCUT2D eigenvalue weighted by Gasteiger charge is -2.29. The molecule has 4 heteroatoms. The average molecular weight is 316 g/mol. The molecule has 2 aliphatic carbocycles. The maximum Gasteiger partial charge on any atom is 0.143 e. The molecule has 4 rings (SSSR count). The summed E-state index contributed by atoms with van der Waals surface area (Å²) in [7, 11) is 0. The molecule has 3 nitrogen and oxygen atoms in total. The van der Waals surface area contributed by atoms with Crippen LogP contribution >= 0.6 is 11.6 Å². The molecule has 1 atom stereocenters. The van der Waals surface area contributed by atoms with E-state index in [0.29, 0.717) is 12.0 Å². The van der Waals surface area contributed by atoms with Gasteiger partial charge in [0.05, 0.1) is 5.41 Å². The van der Waals surface area contributed by atoms with Gasteiger partial charge in [-0.2, -0.15) is 0 Å². The van der Waals surface area contributed by atoms with Crippen molar-refractivity contribution in [2.24, 2.45) is 0 Å². The number of halogens is 1. The Bertz CT molecular complexity index is 683. The number of hydrogen-bond acceptors (Lipinski definition) is 2. The SMILES string of the molecule is CC[C@](C)(c1ccc(Cl)cc1)c1nnc(C2CC2)n1C1CC1.